The number of aromatic nitrogens is 1. The summed E-state index contributed by atoms with van der Waals surface area (Å²) in [4.78, 5) is 10.0. The van der Waals surface area contributed by atoms with Crippen LogP contribution in [0.3, 0.4) is 0 Å². The Morgan fingerprint density at radius 2 is 1.30 bits per heavy atom. The maximum absolute atomic E-state index is 10.5. The van der Waals surface area contributed by atoms with E-state index in [4.69, 9.17) is 9.98 Å². The molecule has 5 aromatic carbocycles. The van der Waals surface area contributed by atoms with Crippen molar-refractivity contribution < 1.29 is 5.11 Å². The van der Waals surface area contributed by atoms with E-state index in [0.29, 0.717) is 5.56 Å². The van der Waals surface area contributed by atoms with Crippen molar-refractivity contribution in [3.63, 3.8) is 0 Å². The van der Waals surface area contributed by atoms with E-state index in [-0.39, 0.29) is 16.6 Å². The molecule has 0 spiro atoms. The van der Waals surface area contributed by atoms with E-state index >= 15 is 0 Å². The summed E-state index contributed by atoms with van der Waals surface area (Å²) in [6, 6.07) is 37.8. The first-order valence-electron chi connectivity index (χ1n) is 15.1. The molecule has 0 saturated carbocycles. The summed E-state index contributed by atoms with van der Waals surface area (Å²) in [5.41, 5.74) is 10.7. The van der Waals surface area contributed by atoms with Crippen LogP contribution < -0.4 is 0 Å². The second kappa shape index (κ2) is 11.5. The molecule has 1 heterocycles. The number of hydrogen-bond donors (Lipinski definition) is 1. The first kappa shape index (κ1) is 29.5. The molecule has 3 nitrogen and oxygen atoms in total. The van der Waals surface area contributed by atoms with Gasteiger partial charge in [-0.05, 0) is 75.0 Å². The normalized spacial score (nSPS) is 12.3. The lowest BCUT2D eigenvalue weighted by Crippen LogP contribution is -2.11. The predicted molar refractivity (Wildman–Crippen MR) is 189 cm³/mol. The van der Waals surface area contributed by atoms with E-state index in [9.17, 15) is 5.11 Å². The number of benzene rings is 5. The minimum Gasteiger partial charge on any atom is -0.507 e. The Bertz CT molecular complexity index is 1990. The van der Waals surface area contributed by atoms with Gasteiger partial charge < -0.3 is 5.11 Å². The largest absolute Gasteiger partial charge is 0.507 e. The highest BCUT2D eigenvalue weighted by atomic mass is 32.1. The summed E-state index contributed by atoms with van der Waals surface area (Å²) in [6.45, 7) is 13.2. The topological polar surface area (TPSA) is 45.5 Å². The Morgan fingerprint density at radius 3 is 2.05 bits per heavy atom. The van der Waals surface area contributed by atoms with Crippen molar-refractivity contribution in [2.75, 3.05) is 0 Å². The molecule has 0 fully saturated rings. The number of fused-ring (bicyclic) bond motifs is 1. The van der Waals surface area contributed by atoms with Gasteiger partial charge in [-0.3, -0.25) is 4.99 Å². The average Bonchev–Trinajstić information content (AvgIpc) is 3.44. The van der Waals surface area contributed by atoms with Gasteiger partial charge >= 0.3 is 0 Å². The number of phenolic OH excluding ortho intramolecular Hbond substituents is 1. The van der Waals surface area contributed by atoms with Crippen LogP contribution in [0.4, 0.5) is 5.69 Å². The van der Waals surface area contributed by atoms with Gasteiger partial charge in [-0.15, -0.1) is 11.3 Å². The van der Waals surface area contributed by atoms with Crippen molar-refractivity contribution >= 4 is 33.5 Å². The van der Waals surface area contributed by atoms with Gasteiger partial charge in [0.2, 0.25) is 0 Å². The van der Waals surface area contributed by atoms with Crippen molar-refractivity contribution in [2.45, 2.75) is 52.4 Å². The molecule has 220 valence electrons. The molecule has 6 rings (SSSR count). The highest BCUT2D eigenvalue weighted by Crippen LogP contribution is 2.40. The summed E-state index contributed by atoms with van der Waals surface area (Å²) in [5.74, 6) is 0.219. The zero-order chi connectivity index (χ0) is 31.1. The third kappa shape index (κ3) is 6.09. The van der Waals surface area contributed by atoms with Crippen LogP contribution >= 0.6 is 11.3 Å². The van der Waals surface area contributed by atoms with E-state index in [1.807, 2.05) is 30.3 Å². The van der Waals surface area contributed by atoms with E-state index in [1.54, 1.807) is 23.6 Å². The molecule has 6 aromatic rings. The van der Waals surface area contributed by atoms with Crippen LogP contribution in [0, 0.1) is 0 Å². The molecule has 4 heteroatoms. The van der Waals surface area contributed by atoms with Gasteiger partial charge in [0.15, 0.2) is 0 Å². The fourth-order valence-electron chi connectivity index (χ4n) is 5.36. The lowest BCUT2D eigenvalue weighted by atomic mass is 9.86. The molecular weight excluding hydrogens is 557 g/mol. The van der Waals surface area contributed by atoms with Gasteiger partial charge in [0.05, 0.1) is 15.9 Å². The molecule has 0 aliphatic heterocycles. The van der Waals surface area contributed by atoms with Crippen molar-refractivity contribution in [1.82, 2.24) is 4.98 Å². The maximum atomic E-state index is 10.5. The number of aromatic hydroxyl groups is 1. The fraction of sp³-hybridized carbons (Fsp3) is 0.200. The van der Waals surface area contributed by atoms with Crippen LogP contribution in [0.25, 0.3) is 43.0 Å². The Labute approximate surface area is 264 Å². The molecule has 0 bridgehead atoms. The zero-order valence-corrected chi connectivity index (χ0v) is 27.0. The van der Waals surface area contributed by atoms with Gasteiger partial charge in [0.25, 0.3) is 0 Å². The van der Waals surface area contributed by atoms with Crippen LogP contribution in [-0.4, -0.2) is 16.3 Å². The first-order valence-corrected chi connectivity index (χ1v) is 15.9. The third-order valence-corrected chi connectivity index (χ3v) is 9.10. The van der Waals surface area contributed by atoms with Crippen molar-refractivity contribution in [3.05, 3.63) is 126 Å². The average molecular weight is 595 g/mol. The summed E-state index contributed by atoms with van der Waals surface area (Å²) < 4.78 is 1.13. The van der Waals surface area contributed by atoms with E-state index in [0.717, 1.165) is 43.2 Å². The van der Waals surface area contributed by atoms with Gasteiger partial charge in [0, 0.05) is 22.9 Å². The van der Waals surface area contributed by atoms with E-state index in [2.05, 4.69) is 114 Å². The number of para-hydroxylation sites is 2. The SMILES string of the molecule is CC(C)(C)c1ccc(-c2cccc(-c3cccc4sc(-c5ccccc5N=Cc5cc(C(C)(C)C)ccc5O)nc34)c2)cc1. The van der Waals surface area contributed by atoms with Crippen LogP contribution in [-0.2, 0) is 10.8 Å². The van der Waals surface area contributed by atoms with E-state index in [1.165, 1.54) is 16.7 Å². The Balaban J connectivity index is 1.36. The first-order chi connectivity index (χ1) is 21.0. The minimum atomic E-state index is -0.0245. The number of hydrogen-bond acceptors (Lipinski definition) is 4. The monoisotopic (exact) mass is 594 g/mol. The molecular formula is C40H38N2OS. The van der Waals surface area contributed by atoms with E-state index < -0.39 is 0 Å². The third-order valence-electron chi connectivity index (χ3n) is 8.05. The number of nitrogens with zero attached hydrogens (tertiary/aromatic N) is 2. The highest BCUT2D eigenvalue weighted by molar-refractivity contribution is 7.21. The van der Waals surface area contributed by atoms with Gasteiger partial charge in [-0.1, -0.05) is 114 Å². The molecule has 0 amide bonds. The molecule has 0 aliphatic rings. The fourth-order valence-corrected chi connectivity index (χ4v) is 6.38. The number of thiazole rings is 1. The minimum absolute atomic E-state index is 0.0245. The summed E-state index contributed by atoms with van der Waals surface area (Å²) in [7, 11) is 0. The number of rotatable bonds is 5. The van der Waals surface area contributed by atoms with Gasteiger partial charge in [-0.2, -0.15) is 0 Å². The second-order valence-electron chi connectivity index (χ2n) is 13.4. The second-order valence-corrected chi connectivity index (χ2v) is 14.4. The van der Waals surface area contributed by atoms with Crippen molar-refractivity contribution in [3.8, 4) is 38.6 Å². The van der Waals surface area contributed by atoms with Gasteiger partial charge in [-0.25, -0.2) is 4.98 Å². The Morgan fingerprint density at radius 1 is 0.636 bits per heavy atom. The number of aliphatic imine (C=N–C) groups is 1. The van der Waals surface area contributed by atoms with Crippen LogP contribution in [0.2, 0.25) is 0 Å². The van der Waals surface area contributed by atoms with Gasteiger partial charge in [0.1, 0.15) is 10.8 Å². The van der Waals surface area contributed by atoms with Crippen LogP contribution in [0.1, 0.15) is 58.2 Å². The summed E-state index contributed by atoms with van der Waals surface area (Å²) in [5, 5.41) is 11.5. The number of phenols is 1. The molecule has 0 unspecified atom stereocenters. The molecule has 0 radical (unpaired) electrons. The molecule has 0 atom stereocenters. The predicted octanol–water partition coefficient (Wildman–Crippen LogP) is 11.3. The lowest BCUT2D eigenvalue weighted by Gasteiger charge is -2.19. The van der Waals surface area contributed by atoms with Crippen molar-refractivity contribution in [1.29, 1.82) is 0 Å². The van der Waals surface area contributed by atoms with Crippen molar-refractivity contribution in [2.24, 2.45) is 4.99 Å². The Kier molecular flexibility index (Phi) is 7.73. The lowest BCUT2D eigenvalue weighted by molar-refractivity contribution is 0.473. The highest BCUT2D eigenvalue weighted by Gasteiger charge is 2.17. The zero-order valence-electron chi connectivity index (χ0n) is 26.2. The smallest absolute Gasteiger partial charge is 0.126 e. The standard InChI is InChI=1S/C40H38N2OS/c1-39(2,3)30-19-17-26(18-20-30)27-11-9-12-28(23-27)32-14-10-16-36-37(32)42-38(44-36)33-13-7-8-15-34(33)41-25-29-24-31(40(4,5)6)21-22-35(29)43/h7-25,43H,1-6H3. The quantitative estimate of drug-likeness (QED) is 0.202. The Hall–Kier alpha value is -4.54. The maximum Gasteiger partial charge on any atom is 0.126 e. The summed E-state index contributed by atoms with van der Waals surface area (Å²) >= 11 is 1.67. The molecule has 0 saturated heterocycles. The molecule has 1 aromatic heterocycles. The van der Waals surface area contributed by atoms with Crippen LogP contribution in [0.5, 0.6) is 5.75 Å². The van der Waals surface area contributed by atoms with Crippen LogP contribution in [0.15, 0.2) is 114 Å². The molecule has 1 N–H and O–H groups in total. The summed E-state index contributed by atoms with van der Waals surface area (Å²) in [6.07, 6.45) is 1.75. The molecule has 44 heavy (non-hydrogen) atoms. The molecule has 0 aliphatic carbocycles.